The number of sulfone groups is 1. The van der Waals surface area contributed by atoms with Gasteiger partial charge in [-0.3, -0.25) is 9.69 Å². The summed E-state index contributed by atoms with van der Waals surface area (Å²) in [5.74, 6) is -0.845. The Balaban J connectivity index is 1.68. The van der Waals surface area contributed by atoms with Gasteiger partial charge in [-0.25, -0.2) is 13.2 Å². The molecular weight excluding hydrogens is 460 g/mol. The molecule has 9 heteroatoms. The molecule has 0 spiro atoms. The minimum Gasteiger partial charge on any atom is -0.462 e. The Morgan fingerprint density at radius 3 is 2.55 bits per heavy atom. The number of thiophene rings is 1. The number of amides is 1. The molecule has 0 aliphatic carbocycles. The lowest BCUT2D eigenvalue weighted by Gasteiger charge is -2.30. The number of fused-ring (bicyclic) bond motifs is 1. The highest BCUT2D eigenvalue weighted by Crippen LogP contribution is 2.38. The predicted octanol–water partition coefficient (Wildman–Crippen LogP) is 4.19. The number of ether oxygens (including phenoxy) is 1. The van der Waals surface area contributed by atoms with Crippen LogP contribution in [0.25, 0.3) is 0 Å². The average Bonchev–Trinajstić information content (AvgIpc) is 3.10. The highest BCUT2D eigenvalue weighted by atomic mass is 32.2. The van der Waals surface area contributed by atoms with E-state index in [-0.39, 0.29) is 36.0 Å². The SMILES string of the molecule is CCOC(=O)c1c(NC(=O)CCCS(=O)(=O)c2ccc(C)cc2)sc2c1CCN(C(C)C)C2. The highest BCUT2D eigenvalue weighted by molar-refractivity contribution is 7.91. The molecule has 33 heavy (non-hydrogen) atoms. The van der Waals surface area contributed by atoms with Gasteiger partial charge in [-0.05, 0) is 58.2 Å². The average molecular weight is 493 g/mol. The fourth-order valence-electron chi connectivity index (χ4n) is 3.85. The number of benzene rings is 1. The summed E-state index contributed by atoms with van der Waals surface area (Å²) < 4.78 is 30.3. The third-order valence-corrected chi connectivity index (χ3v) is 8.69. The van der Waals surface area contributed by atoms with Gasteiger partial charge >= 0.3 is 5.97 Å². The van der Waals surface area contributed by atoms with Crippen LogP contribution in [0.4, 0.5) is 5.00 Å². The van der Waals surface area contributed by atoms with Gasteiger partial charge in [-0.1, -0.05) is 17.7 Å². The number of rotatable bonds is 9. The summed E-state index contributed by atoms with van der Waals surface area (Å²) in [5, 5.41) is 3.35. The molecule has 0 unspecified atom stereocenters. The Labute approximate surface area is 200 Å². The minimum absolute atomic E-state index is 0.0496. The number of carbonyl (C=O) groups excluding carboxylic acids is 2. The fraction of sp³-hybridized carbons (Fsp3) is 0.500. The van der Waals surface area contributed by atoms with Crippen molar-refractivity contribution in [3.05, 3.63) is 45.8 Å². The molecule has 1 amide bonds. The van der Waals surface area contributed by atoms with Crippen molar-refractivity contribution in [2.75, 3.05) is 24.2 Å². The molecule has 0 fully saturated rings. The number of nitrogens with zero attached hydrogens (tertiary/aromatic N) is 1. The summed E-state index contributed by atoms with van der Waals surface area (Å²) in [6, 6.07) is 7.09. The summed E-state index contributed by atoms with van der Waals surface area (Å²) in [4.78, 5) is 29.0. The zero-order valence-electron chi connectivity index (χ0n) is 19.6. The van der Waals surface area contributed by atoms with Crippen LogP contribution in [0.5, 0.6) is 0 Å². The maximum Gasteiger partial charge on any atom is 0.341 e. The summed E-state index contributed by atoms with van der Waals surface area (Å²) in [6.45, 7) is 9.76. The molecule has 180 valence electrons. The second kappa shape index (κ2) is 10.8. The van der Waals surface area contributed by atoms with Gasteiger partial charge in [0.05, 0.1) is 22.8 Å². The van der Waals surface area contributed by atoms with Crippen LogP contribution in [0.2, 0.25) is 0 Å². The quantitative estimate of drug-likeness (QED) is 0.528. The maximum absolute atomic E-state index is 12.7. The Morgan fingerprint density at radius 1 is 1.21 bits per heavy atom. The number of esters is 1. The van der Waals surface area contributed by atoms with Gasteiger partial charge in [0.1, 0.15) is 5.00 Å². The minimum atomic E-state index is -3.45. The first kappa shape index (κ1) is 25.4. The lowest BCUT2D eigenvalue weighted by molar-refractivity contribution is -0.116. The van der Waals surface area contributed by atoms with E-state index < -0.39 is 15.8 Å². The molecule has 1 aliphatic rings. The first-order valence-electron chi connectivity index (χ1n) is 11.3. The summed E-state index contributed by atoms with van der Waals surface area (Å²) in [6.07, 6.45) is 0.972. The van der Waals surface area contributed by atoms with E-state index in [9.17, 15) is 18.0 Å². The second-order valence-corrected chi connectivity index (χ2v) is 11.7. The van der Waals surface area contributed by atoms with Crippen LogP contribution >= 0.6 is 11.3 Å². The molecule has 2 aromatic rings. The van der Waals surface area contributed by atoms with Gasteiger partial charge in [-0.15, -0.1) is 11.3 Å². The van der Waals surface area contributed by atoms with E-state index in [2.05, 4.69) is 24.1 Å². The number of nitrogens with one attached hydrogen (secondary N) is 1. The lowest BCUT2D eigenvalue weighted by Crippen LogP contribution is -2.35. The molecule has 1 aromatic carbocycles. The van der Waals surface area contributed by atoms with Crippen molar-refractivity contribution in [3.8, 4) is 0 Å². The number of hydrogen-bond donors (Lipinski definition) is 1. The van der Waals surface area contributed by atoms with E-state index in [1.807, 2.05) is 6.92 Å². The van der Waals surface area contributed by atoms with Crippen LogP contribution in [-0.4, -0.2) is 50.1 Å². The van der Waals surface area contributed by atoms with E-state index in [1.54, 1.807) is 31.2 Å². The summed E-state index contributed by atoms with van der Waals surface area (Å²) in [5.41, 5.74) is 2.38. The molecule has 1 aromatic heterocycles. The molecule has 0 saturated carbocycles. The molecule has 7 nitrogen and oxygen atoms in total. The zero-order chi connectivity index (χ0) is 24.2. The van der Waals surface area contributed by atoms with Gasteiger partial charge in [0.2, 0.25) is 5.91 Å². The Bertz CT molecular complexity index is 1100. The normalized spacial score (nSPS) is 14.2. The smallest absolute Gasteiger partial charge is 0.341 e. The van der Waals surface area contributed by atoms with Crippen LogP contribution < -0.4 is 5.32 Å². The lowest BCUT2D eigenvalue weighted by atomic mass is 10.0. The van der Waals surface area contributed by atoms with Gasteiger partial charge in [0.25, 0.3) is 0 Å². The Hall–Kier alpha value is -2.23. The molecule has 2 heterocycles. The topological polar surface area (TPSA) is 92.8 Å². The van der Waals surface area contributed by atoms with Crippen molar-refractivity contribution < 1.29 is 22.7 Å². The van der Waals surface area contributed by atoms with Crippen molar-refractivity contribution in [1.29, 1.82) is 0 Å². The van der Waals surface area contributed by atoms with Gasteiger partial charge in [0, 0.05) is 30.4 Å². The van der Waals surface area contributed by atoms with Crippen molar-refractivity contribution in [1.82, 2.24) is 4.90 Å². The zero-order valence-corrected chi connectivity index (χ0v) is 21.3. The highest BCUT2D eigenvalue weighted by Gasteiger charge is 2.30. The standard InChI is InChI=1S/C24H32N2O5S2/c1-5-31-24(28)22-19-12-13-26(16(2)3)15-20(19)32-23(22)25-21(27)7-6-14-33(29,30)18-10-8-17(4)9-11-18/h8-11,16H,5-7,12-15H2,1-4H3,(H,25,27). The Morgan fingerprint density at radius 2 is 1.91 bits per heavy atom. The number of anilines is 1. The third kappa shape index (κ3) is 6.22. The molecule has 0 radical (unpaired) electrons. The van der Waals surface area contributed by atoms with E-state index in [0.717, 1.165) is 35.5 Å². The molecule has 3 rings (SSSR count). The maximum atomic E-state index is 12.7. The van der Waals surface area contributed by atoms with Crippen LogP contribution in [-0.2, 0) is 32.3 Å². The summed E-state index contributed by atoms with van der Waals surface area (Å²) in [7, 11) is -3.45. The van der Waals surface area contributed by atoms with E-state index in [4.69, 9.17) is 4.74 Å². The number of hydrogen-bond acceptors (Lipinski definition) is 7. The van der Waals surface area contributed by atoms with Crippen LogP contribution in [0.3, 0.4) is 0 Å². The fourth-order valence-corrected chi connectivity index (χ4v) is 6.44. The predicted molar refractivity (Wildman–Crippen MR) is 131 cm³/mol. The van der Waals surface area contributed by atoms with Gasteiger partial charge in [-0.2, -0.15) is 0 Å². The molecule has 0 saturated heterocycles. The number of carbonyl (C=O) groups is 2. The Kier molecular flexibility index (Phi) is 8.31. The van der Waals surface area contributed by atoms with Crippen molar-refractivity contribution >= 4 is 38.1 Å². The van der Waals surface area contributed by atoms with E-state index in [0.29, 0.717) is 16.6 Å². The molecule has 1 aliphatic heterocycles. The number of aryl methyl sites for hydroxylation is 1. The summed E-state index contributed by atoms with van der Waals surface area (Å²) >= 11 is 1.41. The molecular formula is C24H32N2O5S2. The van der Waals surface area contributed by atoms with Gasteiger partial charge < -0.3 is 10.1 Å². The van der Waals surface area contributed by atoms with Crippen LogP contribution in [0.15, 0.2) is 29.2 Å². The van der Waals surface area contributed by atoms with Crippen molar-refractivity contribution in [3.63, 3.8) is 0 Å². The van der Waals surface area contributed by atoms with Crippen molar-refractivity contribution in [2.24, 2.45) is 0 Å². The molecule has 0 bridgehead atoms. The van der Waals surface area contributed by atoms with Gasteiger partial charge in [0.15, 0.2) is 9.84 Å². The molecule has 0 atom stereocenters. The third-order valence-electron chi connectivity index (χ3n) is 5.75. The van der Waals surface area contributed by atoms with E-state index in [1.165, 1.54) is 11.3 Å². The first-order valence-corrected chi connectivity index (χ1v) is 13.7. The monoisotopic (exact) mass is 492 g/mol. The largest absolute Gasteiger partial charge is 0.462 e. The first-order chi connectivity index (χ1) is 15.6. The van der Waals surface area contributed by atoms with Crippen LogP contribution in [0.1, 0.15) is 60.0 Å². The van der Waals surface area contributed by atoms with E-state index >= 15 is 0 Å². The van der Waals surface area contributed by atoms with Crippen molar-refractivity contribution in [2.45, 2.75) is 64.4 Å². The second-order valence-electron chi connectivity index (χ2n) is 8.53. The van der Waals surface area contributed by atoms with Crippen LogP contribution in [0, 0.1) is 6.92 Å². The molecule has 1 N–H and O–H groups in total.